The molecule has 0 aliphatic carbocycles. The first-order chi connectivity index (χ1) is 9.15. The molecule has 1 aliphatic heterocycles. The SMILES string of the molecule is Cc1ccccc1N.O=CNC1CCCCNC1=O. The van der Waals surface area contributed by atoms with Crippen LogP contribution in [0.3, 0.4) is 0 Å². The molecule has 0 bridgehead atoms. The number of nitrogens with one attached hydrogen (secondary N) is 2. The molecule has 1 heterocycles. The van der Waals surface area contributed by atoms with E-state index >= 15 is 0 Å². The maximum absolute atomic E-state index is 11.1. The van der Waals surface area contributed by atoms with Crippen molar-refractivity contribution >= 4 is 18.0 Å². The maximum atomic E-state index is 11.1. The number of rotatable bonds is 2. The number of amides is 2. The van der Waals surface area contributed by atoms with Gasteiger partial charge in [-0.2, -0.15) is 0 Å². The number of benzene rings is 1. The molecule has 5 heteroatoms. The molecule has 1 atom stereocenters. The lowest BCUT2D eigenvalue weighted by atomic mass is 10.1. The predicted octanol–water partition coefficient (Wildman–Crippen LogP) is 0.978. The van der Waals surface area contributed by atoms with Crippen molar-refractivity contribution < 1.29 is 9.59 Å². The van der Waals surface area contributed by atoms with E-state index in [0.717, 1.165) is 37.1 Å². The molecule has 104 valence electrons. The van der Waals surface area contributed by atoms with E-state index < -0.39 is 0 Å². The van der Waals surface area contributed by atoms with Crippen LogP contribution in [0.5, 0.6) is 0 Å². The largest absolute Gasteiger partial charge is 0.399 e. The lowest BCUT2D eigenvalue weighted by Gasteiger charge is -2.10. The van der Waals surface area contributed by atoms with Gasteiger partial charge in [0, 0.05) is 12.2 Å². The number of carbonyl (C=O) groups excluding carboxylic acids is 2. The highest BCUT2D eigenvalue weighted by Gasteiger charge is 2.18. The first-order valence-corrected chi connectivity index (χ1v) is 6.43. The van der Waals surface area contributed by atoms with Crippen LogP contribution in [0, 0.1) is 6.92 Å². The van der Waals surface area contributed by atoms with Crippen molar-refractivity contribution in [3.63, 3.8) is 0 Å². The Labute approximate surface area is 113 Å². The molecule has 1 aliphatic rings. The molecule has 19 heavy (non-hydrogen) atoms. The van der Waals surface area contributed by atoms with Crippen LogP contribution >= 0.6 is 0 Å². The van der Waals surface area contributed by atoms with Gasteiger partial charge in [-0.25, -0.2) is 0 Å². The summed E-state index contributed by atoms with van der Waals surface area (Å²) in [5.41, 5.74) is 7.53. The topological polar surface area (TPSA) is 84.2 Å². The van der Waals surface area contributed by atoms with Gasteiger partial charge in [-0.15, -0.1) is 0 Å². The lowest BCUT2D eigenvalue weighted by molar-refractivity contribution is -0.125. The molecule has 0 radical (unpaired) electrons. The monoisotopic (exact) mass is 263 g/mol. The Kier molecular flexibility index (Phi) is 6.43. The third kappa shape index (κ3) is 5.42. The minimum Gasteiger partial charge on any atom is -0.399 e. The second-order valence-corrected chi connectivity index (χ2v) is 4.48. The Morgan fingerprint density at radius 2 is 2.11 bits per heavy atom. The third-order valence-electron chi connectivity index (χ3n) is 2.99. The molecule has 1 aromatic carbocycles. The average molecular weight is 263 g/mol. The highest BCUT2D eigenvalue weighted by atomic mass is 16.2. The molecule has 1 unspecified atom stereocenters. The number of nitrogen functional groups attached to an aromatic ring is 1. The Balaban J connectivity index is 0.000000200. The van der Waals surface area contributed by atoms with Crippen LogP contribution in [0.4, 0.5) is 5.69 Å². The number of nitrogens with two attached hydrogens (primary N) is 1. The van der Waals surface area contributed by atoms with Crippen LogP contribution < -0.4 is 16.4 Å². The van der Waals surface area contributed by atoms with Gasteiger partial charge in [-0.05, 0) is 37.8 Å². The summed E-state index contributed by atoms with van der Waals surface area (Å²) in [6.07, 6.45) is 3.33. The van der Waals surface area contributed by atoms with Crippen LogP contribution in [0.15, 0.2) is 24.3 Å². The second kappa shape index (κ2) is 8.13. The van der Waals surface area contributed by atoms with Crippen molar-refractivity contribution in [2.45, 2.75) is 32.2 Å². The van der Waals surface area contributed by atoms with Crippen molar-refractivity contribution in [1.29, 1.82) is 0 Å². The summed E-state index contributed by atoms with van der Waals surface area (Å²) < 4.78 is 0. The molecule has 0 spiro atoms. The zero-order chi connectivity index (χ0) is 14.1. The van der Waals surface area contributed by atoms with E-state index in [9.17, 15) is 9.59 Å². The first kappa shape index (κ1) is 15.0. The van der Waals surface area contributed by atoms with E-state index in [2.05, 4.69) is 10.6 Å². The molecule has 4 N–H and O–H groups in total. The van der Waals surface area contributed by atoms with E-state index in [1.54, 1.807) is 0 Å². The number of anilines is 1. The van der Waals surface area contributed by atoms with Crippen LogP contribution in [-0.2, 0) is 9.59 Å². The maximum Gasteiger partial charge on any atom is 0.242 e. The van der Waals surface area contributed by atoms with Crippen LogP contribution in [0.1, 0.15) is 24.8 Å². The first-order valence-electron chi connectivity index (χ1n) is 6.43. The van der Waals surface area contributed by atoms with E-state index in [-0.39, 0.29) is 11.9 Å². The quantitative estimate of drug-likeness (QED) is 0.549. The molecule has 2 amide bonds. The van der Waals surface area contributed by atoms with Gasteiger partial charge in [-0.1, -0.05) is 18.2 Å². The van der Waals surface area contributed by atoms with Crippen molar-refractivity contribution in [3.05, 3.63) is 29.8 Å². The summed E-state index contributed by atoms with van der Waals surface area (Å²) in [4.78, 5) is 21.1. The fraction of sp³-hybridized carbons (Fsp3) is 0.429. The summed E-state index contributed by atoms with van der Waals surface area (Å²) in [5.74, 6) is -0.0606. The van der Waals surface area contributed by atoms with Gasteiger partial charge in [-0.3, -0.25) is 9.59 Å². The van der Waals surface area contributed by atoms with Crippen LogP contribution in [-0.4, -0.2) is 24.9 Å². The normalized spacial score (nSPS) is 18.4. The number of hydrogen-bond donors (Lipinski definition) is 3. The third-order valence-corrected chi connectivity index (χ3v) is 2.99. The van der Waals surface area contributed by atoms with E-state index in [1.807, 2.05) is 31.2 Å². The zero-order valence-electron chi connectivity index (χ0n) is 11.2. The molecule has 0 saturated carbocycles. The number of carbonyl (C=O) groups is 2. The van der Waals surface area contributed by atoms with Gasteiger partial charge in [0.25, 0.3) is 0 Å². The number of hydrogen-bond acceptors (Lipinski definition) is 3. The second-order valence-electron chi connectivity index (χ2n) is 4.48. The van der Waals surface area contributed by atoms with Gasteiger partial charge < -0.3 is 16.4 Å². The van der Waals surface area contributed by atoms with Gasteiger partial charge in [0.2, 0.25) is 12.3 Å². The summed E-state index contributed by atoms with van der Waals surface area (Å²) in [7, 11) is 0. The fourth-order valence-electron chi connectivity index (χ4n) is 1.77. The average Bonchev–Trinajstić information content (AvgIpc) is 2.60. The standard InChI is InChI=1S/C7H12N2O2.C7H9N/c10-5-9-6-3-1-2-4-8-7(6)11;1-6-4-2-3-5-7(6)8/h5-6H,1-4H2,(H,8,11)(H,9,10);2-5H,8H2,1H3. The molecule has 1 fully saturated rings. The highest BCUT2D eigenvalue weighted by molar-refractivity contribution is 5.83. The molecular formula is C14H21N3O2. The van der Waals surface area contributed by atoms with Gasteiger partial charge >= 0.3 is 0 Å². The molecule has 1 aromatic rings. The summed E-state index contributed by atoms with van der Waals surface area (Å²) in [5, 5.41) is 5.20. The minimum atomic E-state index is -0.310. The predicted molar refractivity (Wildman–Crippen MR) is 75.4 cm³/mol. The Morgan fingerprint density at radius 3 is 2.68 bits per heavy atom. The highest BCUT2D eigenvalue weighted by Crippen LogP contribution is 2.06. The van der Waals surface area contributed by atoms with Crippen molar-refractivity contribution in [2.75, 3.05) is 12.3 Å². The Hall–Kier alpha value is -2.04. The van der Waals surface area contributed by atoms with Crippen LogP contribution in [0.25, 0.3) is 0 Å². The Morgan fingerprint density at radius 1 is 1.37 bits per heavy atom. The Bertz CT molecular complexity index is 400. The summed E-state index contributed by atoms with van der Waals surface area (Å²) >= 11 is 0. The van der Waals surface area contributed by atoms with Crippen molar-refractivity contribution in [1.82, 2.24) is 10.6 Å². The molecule has 1 saturated heterocycles. The summed E-state index contributed by atoms with van der Waals surface area (Å²) in [6.45, 7) is 2.73. The number of aryl methyl sites for hydroxylation is 1. The lowest BCUT2D eigenvalue weighted by Crippen LogP contribution is -2.42. The molecule has 0 aromatic heterocycles. The van der Waals surface area contributed by atoms with E-state index in [0.29, 0.717) is 6.41 Å². The van der Waals surface area contributed by atoms with Gasteiger partial charge in [0.05, 0.1) is 0 Å². The van der Waals surface area contributed by atoms with E-state index in [1.165, 1.54) is 0 Å². The molecule has 2 rings (SSSR count). The molecular weight excluding hydrogens is 242 g/mol. The van der Waals surface area contributed by atoms with Gasteiger partial charge in [0.15, 0.2) is 0 Å². The molecule has 5 nitrogen and oxygen atoms in total. The fourth-order valence-corrected chi connectivity index (χ4v) is 1.77. The van der Waals surface area contributed by atoms with Crippen LogP contribution in [0.2, 0.25) is 0 Å². The van der Waals surface area contributed by atoms with Gasteiger partial charge in [0.1, 0.15) is 6.04 Å². The minimum absolute atomic E-state index is 0.0606. The number of para-hydroxylation sites is 1. The summed E-state index contributed by atoms with van der Waals surface area (Å²) in [6, 6.07) is 7.49. The zero-order valence-corrected chi connectivity index (χ0v) is 11.2. The smallest absolute Gasteiger partial charge is 0.242 e. The van der Waals surface area contributed by atoms with Crippen molar-refractivity contribution in [2.24, 2.45) is 0 Å². The van der Waals surface area contributed by atoms with E-state index in [4.69, 9.17) is 5.73 Å². The van der Waals surface area contributed by atoms with Crippen molar-refractivity contribution in [3.8, 4) is 0 Å².